The predicted molar refractivity (Wildman–Crippen MR) is 92.2 cm³/mol. The van der Waals surface area contributed by atoms with E-state index in [0.29, 0.717) is 0 Å². The van der Waals surface area contributed by atoms with Gasteiger partial charge in [0.15, 0.2) is 0 Å². The standard InChI is InChI=1S/C20H18N2/c1-3-15-13-21-22-19(16-7-5-4-6-8-16)12-17-10-9-14(2)11-18(17)20(15)22/h4-13H,3H2,1-2H3. The highest BCUT2D eigenvalue weighted by atomic mass is 15.2. The highest BCUT2D eigenvalue weighted by Gasteiger charge is 2.12. The van der Waals surface area contributed by atoms with E-state index in [1.165, 1.54) is 33.0 Å². The third-order valence-electron chi connectivity index (χ3n) is 4.28. The van der Waals surface area contributed by atoms with Gasteiger partial charge in [-0.3, -0.25) is 0 Å². The lowest BCUT2D eigenvalue weighted by Gasteiger charge is -2.10. The molecule has 2 aromatic carbocycles. The summed E-state index contributed by atoms with van der Waals surface area (Å²) in [6.07, 6.45) is 2.99. The van der Waals surface area contributed by atoms with Crippen LogP contribution in [0, 0.1) is 6.92 Å². The minimum absolute atomic E-state index is 0.991. The molecule has 22 heavy (non-hydrogen) atoms. The first-order valence-electron chi connectivity index (χ1n) is 7.73. The molecule has 0 unspecified atom stereocenters. The van der Waals surface area contributed by atoms with Crippen molar-refractivity contribution in [1.82, 2.24) is 9.61 Å². The second kappa shape index (κ2) is 4.99. The van der Waals surface area contributed by atoms with Gasteiger partial charge in [-0.25, -0.2) is 4.52 Å². The number of benzene rings is 2. The molecule has 4 rings (SSSR count). The molecule has 0 atom stereocenters. The van der Waals surface area contributed by atoms with E-state index in [4.69, 9.17) is 0 Å². The maximum absolute atomic E-state index is 4.66. The summed E-state index contributed by atoms with van der Waals surface area (Å²) in [5.41, 5.74) is 6.16. The van der Waals surface area contributed by atoms with Crippen LogP contribution in [0.25, 0.3) is 27.5 Å². The minimum atomic E-state index is 0.991. The second-order valence-corrected chi connectivity index (χ2v) is 5.77. The Morgan fingerprint density at radius 1 is 1.00 bits per heavy atom. The number of rotatable bonds is 2. The molecule has 0 saturated heterocycles. The molecule has 2 nitrogen and oxygen atoms in total. The molecule has 0 spiro atoms. The zero-order chi connectivity index (χ0) is 15.1. The van der Waals surface area contributed by atoms with Crippen molar-refractivity contribution in [2.24, 2.45) is 0 Å². The first-order valence-corrected chi connectivity index (χ1v) is 7.73. The van der Waals surface area contributed by atoms with Gasteiger partial charge >= 0.3 is 0 Å². The van der Waals surface area contributed by atoms with Crippen LogP contribution in [0.3, 0.4) is 0 Å². The molecule has 4 aromatic rings. The number of nitrogens with zero attached hydrogens (tertiary/aromatic N) is 2. The Kier molecular flexibility index (Phi) is 2.97. The van der Waals surface area contributed by atoms with Gasteiger partial charge in [0.1, 0.15) is 0 Å². The highest BCUT2D eigenvalue weighted by molar-refractivity contribution is 6.00. The van der Waals surface area contributed by atoms with E-state index in [-0.39, 0.29) is 0 Å². The summed E-state index contributed by atoms with van der Waals surface area (Å²) in [7, 11) is 0. The molecule has 0 fully saturated rings. The molecule has 0 aliphatic heterocycles. The fourth-order valence-electron chi connectivity index (χ4n) is 3.13. The summed E-state index contributed by atoms with van der Waals surface area (Å²) >= 11 is 0. The van der Waals surface area contributed by atoms with E-state index in [1.807, 2.05) is 12.3 Å². The lowest BCUT2D eigenvalue weighted by atomic mass is 10.0. The molecule has 0 amide bonds. The first kappa shape index (κ1) is 13.1. The Morgan fingerprint density at radius 2 is 1.82 bits per heavy atom. The second-order valence-electron chi connectivity index (χ2n) is 5.77. The summed E-state index contributed by atoms with van der Waals surface area (Å²) in [5, 5.41) is 7.22. The van der Waals surface area contributed by atoms with Gasteiger partial charge in [0.25, 0.3) is 0 Å². The van der Waals surface area contributed by atoms with Gasteiger partial charge in [-0.1, -0.05) is 55.0 Å². The first-order chi connectivity index (χ1) is 10.8. The Labute approximate surface area is 130 Å². The van der Waals surface area contributed by atoms with Gasteiger partial charge in [-0.15, -0.1) is 0 Å². The van der Waals surface area contributed by atoms with Crippen molar-refractivity contribution >= 4 is 16.3 Å². The van der Waals surface area contributed by atoms with Crippen LogP contribution in [0.5, 0.6) is 0 Å². The van der Waals surface area contributed by atoms with Gasteiger partial charge in [0, 0.05) is 10.9 Å². The van der Waals surface area contributed by atoms with Crippen molar-refractivity contribution in [1.29, 1.82) is 0 Å². The molecule has 0 N–H and O–H groups in total. The Bertz CT molecular complexity index is 965. The number of hydrogen-bond acceptors (Lipinski definition) is 1. The van der Waals surface area contributed by atoms with Crippen LogP contribution in [0.1, 0.15) is 18.1 Å². The lowest BCUT2D eigenvalue weighted by Crippen LogP contribution is -1.96. The van der Waals surface area contributed by atoms with E-state index >= 15 is 0 Å². The molecule has 2 heteroatoms. The van der Waals surface area contributed by atoms with Gasteiger partial charge in [-0.05, 0) is 36.4 Å². The van der Waals surface area contributed by atoms with Crippen LogP contribution >= 0.6 is 0 Å². The quantitative estimate of drug-likeness (QED) is 0.505. The predicted octanol–water partition coefficient (Wildman–Crippen LogP) is 5.03. The molecule has 108 valence electrons. The summed E-state index contributed by atoms with van der Waals surface area (Å²) in [6, 6.07) is 19.4. The van der Waals surface area contributed by atoms with Crippen LogP contribution in [0.2, 0.25) is 0 Å². The smallest absolute Gasteiger partial charge is 0.0779 e. The number of aromatic nitrogens is 2. The Morgan fingerprint density at radius 3 is 2.59 bits per heavy atom. The fraction of sp³-hybridized carbons (Fsp3) is 0.150. The molecule has 0 aliphatic rings. The van der Waals surface area contributed by atoms with E-state index < -0.39 is 0 Å². The van der Waals surface area contributed by atoms with E-state index in [1.54, 1.807) is 0 Å². The molecule has 0 aliphatic carbocycles. The summed E-state index contributed by atoms with van der Waals surface area (Å²) < 4.78 is 2.09. The topological polar surface area (TPSA) is 17.3 Å². The SMILES string of the molecule is CCc1cnn2c(-c3ccccc3)cc3ccc(C)cc3c12. The number of hydrogen-bond donors (Lipinski definition) is 0. The normalized spacial score (nSPS) is 11.4. The maximum atomic E-state index is 4.66. The molecular formula is C20H18N2. The largest absolute Gasteiger partial charge is 0.232 e. The maximum Gasteiger partial charge on any atom is 0.0779 e. The fourth-order valence-corrected chi connectivity index (χ4v) is 3.13. The summed E-state index contributed by atoms with van der Waals surface area (Å²) in [4.78, 5) is 0. The monoisotopic (exact) mass is 286 g/mol. The van der Waals surface area contributed by atoms with Crippen molar-refractivity contribution in [3.63, 3.8) is 0 Å². The van der Waals surface area contributed by atoms with E-state index in [9.17, 15) is 0 Å². The van der Waals surface area contributed by atoms with E-state index in [0.717, 1.165) is 12.1 Å². The van der Waals surface area contributed by atoms with Gasteiger partial charge in [0.2, 0.25) is 0 Å². The molecular weight excluding hydrogens is 268 g/mol. The minimum Gasteiger partial charge on any atom is -0.232 e. The Balaban J connectivity index is 2.18. The van der Waals surface area contributed by atoms with Crippen LogP contribution in [-0.2, 0) is 6.42 Å². The zero-order valence-corrected chi connectivity index (χ0v) is 12.9. The molecule has 2 aromatic heterocycles. The lowest BCUT2D eigenvalue weighted by molar-refractivity contribution is 0.975. The summed E-state index contributed by atoms with van der Waals surface area (Å²) in [5.74, 6) is 0. The van der Waals surface area contributed by atoms with Gasteiger partial charge in [0.05, 0.1) is 17.4 Å². The number of fused-ring (bicyclic) bond motifs is 3. The van der Waals surface area contributed by atoms with Crippen molar-refractivity contribution in [3.8, 4) is 11.3 Å². The molecule has 0 bridgehead atoms. The van der Waals surface area contributed by atoms with Crippen LogP contribution < -0.4 is 0 Å². The summed E-state index contributed by atoms with van der Waals surface area (Å²) in [6.45, 7) is 4.33. The molecule has 0 saturated carbocycles. The van der Waals surface area contributed by atoms with Crippen LogP contribution in [-0.4, -0.2) is 9.61 Å². The molecule has 2 heterocycles. The Hall–Kier alpha value is -2.61. The van der Waals surface area contributed by atoms with Crippen molar-refractivity contribution in [2.75, 3.05) is 0 Å². The number of aryl methyl sites for hydroxylation is 2. The van der Waals surface area contributed by atoms with Gasteiger partial charge in [-0.2, -0.15) is 5.10 Å². The van der Waals surface area contributed by atoms with Crippen molar-refractivity contribution in [2.45, 2.75) is 20.3 Å². The third kappa shape index (κ3) is 1.92. The van der Waals surface area contributed by atoms with Crippen LogP contribution in [0.4, 0.5) is 0 Å². The van der Waals surface area contributed by atoms with E-state index in [2.05, 4.69) is 72.0 Å². The molecule has 0 radical (unpaired) electrons. The average molecular weight is 286 g/mol. The van der Waals surface area contributed by atoms with Crippen molar-refractivity contribution < 1.29 is 0 Å². The highest BCUT2D eigenvalue weighted by Crippen LogP contribution is 2.30. The van der Waals surface area contributed by atoms with Crippen LogP contribution in [0.15, 0.2) is 60.8 Å². The number of pyridine rings is 1. The average Bonchev–Trinajstić information content (AvgIpc) is 2.99. The third-order valence-corrected chi connectivity index (χ3v) is 4.28. The van der Waals surface area contributed by atoms with Gasteiger partial charge < -0.3 is 0 Å². The van der Waals surface area contributed by atoms with Crippen molar-refractivity contribution in [3.05, 3.63) is 71.9 Å². The zero-order valence-electron chi connectivity index (χ0n) is 12.9.